The molecule has 0 heterocycles. The number of hydrogen-bond acceptors (Lipinski definition) is 2. The van der Waals surface area contributed by atoms with Crippen LogP contribution in [0.4, 0.5) is 13.2 Å². The summed E-state index contributed by atoms with van der Waals surface area (Å²) in [6.07, 6.45) is -6.65. The van der Waals surface area contributed by atoms with E-state index in [1.54, 1.807) is 13.1 Å². The Morgan fingerprint density at radius 2 is 1.62 bits per heavy atom. The van der Waals surface area contributed by atoms with Crippen LogP contribution in [0.3, 0.4) is 0 Å². The Morgan fingerprint density at radius 3 is 1.88 bits per heavy atom. The Balaban J connectivity index is 4.76. The highest BCUT2D eigenvalue weighted by molar-refractivity contribution is 6.74. The lowest BCUT2D eigenvalue weighted by Gasteiger charge is -2.39. The van der Waals surface area contributed by atoms with Crippen LogP contribution >= 0.6 is 0 Å². The third-order valence-corrected chi connectivity index (χ3v) is 7.49. The molecule has 0 bridgehead atoms. The summed E-state index contributed by atoms with van der Waals surface area (Å²) in [5.74, 6) is 0. The topological polar surface area (TPSA) is 29.5 Å². The normalized spacial score (nSPS) is 16.3. The highest BCUT2D eigenvalue weighted by Gasteiger charge is 2.47. The smallest absolute Gasteiger partial charge is 0.405 e. The fourth-order valence-corrected chi connectivity index (χ4v) is 2.26. The van der Waals surface area contributed by atoms with Gasteiger partial charge >= 0.3 is 6.18 Å². The van der Waals surface area contributed by atoms with Gasteiger partial charge in [-0.05, 0) is 18.1 Å². The molecule has 0 aromatic rings. The zero-order chi connectivity index (χ0) is 13.2. The van der Waals surface area contributed by atoms with Crippen LogP contribution in [-0.4, -0.2) is 32.3 Å². The molecule has 0 aliphatic heterocycles. The summed E-state index contributed by atoms with van der Waals surface area (Å²) < 4.78 is 43.1. The van der Waals surface area contributed by atoms with E-state index in [1.165, 1.54) is 0 Å². The molecule has 98 valence electrons. The van der Waals surface area contributed by atoms with Gasteiger partial charge in [0, 0.05) is 13.0 Å². The molecule has 1 atom stereocenters. The lowest BCUT2D eigenvalue weighted by atomic mass is 10.2. The molecule has 0 aromatic heterocycles. The van der Waals surface area contributed by atoms with Crippen LogP contribution in [0.15, 0.2) is 0 Å². The quantitative estimate of drug-likeness (QED) is 0.784. The van der Waals surface area contributed by atoms with Gasteiger partial charge in [0.15, 0.2) is 8.32 Å². The van der Waals surface area contributed by atoms with E-state index in [4.69, 9.17) is 9.53 Å². The molecule has 16 heavy (non-hydrogen) atoms. The number of aliphatic hydroxyl groups is 1. The third kappa shape index (κ3) is 4.43. The lowest BCUT2D eigenvalue weighted by molar-refractivity contribution is -0.202. The lowest BCUT2D eigenvalue weighted by Crippen LogP contribution is -2.48. The van der Waals surface area contributed by atoms with Crippen molar-refractivity contribution in [3.63, 3.8) is 0 Å². The van der Waals surface area contributed by atoms with Crippen LogP contribution in [-0.2, 0) is 4.43 Å². The molecule has 0 spiro atoms. The average molecular weight is 258 g/mol. The fraction of sp³-hybridized carbons (Fsp3) is 1.00. The van der Waals surface area contributed by atoms with Crippen molar-refractivity contribution in [2.75, 3.05) is 6.61 Å². The molecule has 6 heteroatoms. The second kappa shape index (κ2) is 5.06. The Bertz CT molecular complexity index is 221. The number of aliphatic hydroxyl groups excluding tert-OH is 1. The van der Waals surface area contributed by atoms with Gasteiger partial charge < -0.3 is 9.53 Å². The first kappa shape index (κ1) is 15.9. The van der Waals surface area contributed by atoms with Crippen molar-refractivity contribution in [3.05, 3.63) is 0 Å². The average Bonchev–Trinajstić information content (AvgIpc) is 1.99. The van der Waals surface area contributed by atoms with Crippen LogP contribution in [0.1, 0.15) is 27.2 Å². The number of alkyl halides is 3. The highest BCUT2D eigenvalue weighted by Crippen LogP contribution is 2.40. The van der Waals surface area contributed by atoms with Crippen molar-refractivity contribution in [3.8, 4) is 0 Å². The van der Waals surface area contributed by atoms with Crippen LogP contribution in [0, 0.1) is 0 Å². The molecule has 0 unspecified atom stereocenters. The predicted molar refractivity (Wildman–Crippen MR) is 59.8 cm³/mol. The molecule has 0 aliphatic rings. The molecule has 0 rings (SSSR count). The fourth-order valence-electron chi connectivity index (χ4n) is 0.939. The number of rotatable bonds is 4. The van der Waals surface area contributed by atoms with E-state index in [1.807, 2.05) is 20.8 Å². The minimum atomic E-state index is -4.40. The first-order chi connectivity index (χ1) is 6.92. The van der Waals surface area contributed by atoms with E-state index >= 15 is 0 Å². The molecule has 0 saturated carbocycles. The van der Waals surface area contributed by atoms with Gasteiger partial charge in [0.05, 0.1) is 0 Å². The van der Waals surface area contributed by atoms with Gasteiger partial charge in [-0.3, -0.25) is 0 Å². The Hall–Kier alpha value is -0.0731. The van der Waals surface area contributed by atoms with Crippen molar-refractivity contribution < 1.29 is 22.7 Å². The van der Waals surface area contributed by atoms with Crippen molar-refractivity contribution >= 4 is 8.32 Å². The summed E-state index contributed by atoms with van der Waals surface area (Å²) in [6, 6.07) is 0. The van der Waals surface area contributed by atoms with Gasteiger partial charge in [0.1, 0.15) is 6.10 Å². The second-order valence-corrected chi connectivity index (χ2v) is 10.2. The molecular weight excluding hydrogens is 237 g/mol. The molecule has 0 saturated heterocycles. The summed E-state index contributed by atoms with van der Waals surface area (Å²) in [6.45, 7) is 8.66. The summed E-state index contributed by atoms with van der Waals surface area (Å²) in [4.78, 5) is 0. The van der Waals surface area contributed by atoms with E-state index in [9.17, 15) is 13.2 Å². The SMILES string of the molecule is CC(C)(C)[Si](C)(C)O[C@@H](CCO)C(F)(F)F. The third-order valence-electron chi connectivity index (χ3n) is 3.00. The van der Waals surface area contributed by atoms with Crippen LogP contribution in [0.25, 0.3) is 0 Å². The zero-order valence-corrected chi connectivity index (χ0v) is 11.5. The monoisotopic (exact) mass is 258 g/mol. The van der Waals surface area contributed by atoms with Gasteiger partial charge in [-0.1, -0.05) is 20.8 Å². The second-order valence-electron chi connectivity index (χ2n) is 5.42. The van der Waals surface area contributed by atoms with Crippen molar-refractivity contribution in [2.24, 2.45) is 0 Å². The Labute approximate surface area is 95.9 Å². The summed E-state index contributed by atoms with van der Waals surface area (Å²) in [7, 11) is -2.45. The maximum absolute atomic E-state index is 12.6. The van der Waals surface area contributed by atoms with E-state index in [-0.39, 0.29) is 5.04 Å². The number of hydrogen-bond donors (Lipinski definition) is 1. The molecule has 0 aliphatic carbocycles. The Morgan fingerprint density at radius 1 is 1.19 bits per heavy atom. The van der Waals surface area contributed by atoms with Gasteiger partial charge in [0.2, 0.25) is 0 Å². The highest BCUT2D eigenvalue weighted by atomic mass is 28.4. The van der Waals surface area contributed by atoms with Gasteiger partial charge in [0.25, 0.3) is 0 Å². The van der Waals surface area contributed by atoms with Crippen LogP contribution in [0.5, 0.6) is 0 Å². The van der Waals surface area contributed by atoms with Crippen molar-refractivity contribution in [1.29, 1.82) is 0 Å². The standard InChI is InChI=1S/C10H21F3O2Si/c1-9(2,3)16(4,5)15-8(6-7-14)10(11,12)13/h8,14H,6-7H2,1-5H3/t8-/m0/s1. The largest absolute Gasteiger partial charge is 0.413 e. The summed E-state index contributed by atoms with van der Waals surface area (Å²) in [5, 5.41) is 8.36. The predicted octanol–water partition coefficient (Wildman–Crippen LogP) is 3.32. The van der Waals surface area contributed by atoms with Crippen molar-refractivity contribution in [2.45, 2.75) is 57.6 Å². The first-order valence-corrected chi connectivity index (χ1v) is 8.18. The molecule has 0 aromatic carbocycles. The van der Waals surface area contributed by atoms with Crippen molar-refractivity contribution in [1.82, 2.24) is 0 Å². The van der Waals surface area contributed by atoms with E-state index in [0.29, 0.717) is 0 Å². The first-order valence-electron chi connectivity index (χ1n) is 5.27. The minimum absolute atomic E-state index is 0.272. The number of halogens is 3. The van der Waals surface area contributed by atoms with Crippen LogP contribution in [0.2, 0.25) is 18.1 Å². The maximum Gasteiger partial charge on any atom is 0.413 e. The van der Waals surface area contributed by atoms with Gasteiger partial charge in [-0.2, -0.15) is 13.2 Å². The van der Waals surface area contributed by atoms with Crippen LogP contribution < -0.4 is 0 Å². The summed E-state index contributed by atoms with van der Waals surface area (Å²) in [5.41, 5.74) is 0. The summed E-state index contributed by atoms with van der Waals surface area (Å²) >= 11 is 0. The molecule has 0 fully saturated rings. The molecule has 2 nitrogen and oxygen atoms in total. The van der Waals surface area contributed by atoms with E-state index in [2.05, 4.69) is 0 Å². The van der Waals surface area contributed by atoms with E-state index in [0.717, 1.165) is 0 Å². The zero-order valence-electron chi connectivity index (χ0n) is 10.5. The molecular formula is C10H21F3O2Si. The van der Waals surface area contributed by atoms with Gasteiger partial charge in [-0.25, -0.2) is 0 Å². The minimum Gasteiger partial charge on any atom is -0.405 e. The van der Waals surface area contributed by atoms with E-state index < -0.39 is 33.6 Å². The van der Waals surface area contributed by atoms with Gasteiger partial charge in [-0.15, -0.1) is 0 Å². The maximum atomic E-state index is 12.6. The molecule has 0 amide bonds. The molecule has 1 N–H and O–H groups in total. The Kier molecular flexibility index (Phi) is 5.03. The molecule has 0 radical (unpaired) electrons.